The van der Waals surface area contributed by atoms with Crippen LogP contribution in [0, 0.1) is 51.4 Å². The Kier molecular flexibility index (Phi) is 97.7. The molecule has 0 amide bonds. The smallest absolute Gasteiger partial charge is 0 e. The van der Waals surface area contributed by atoms with Crippen LogP contribution in [0.25, 0.3) is 0 Å². The van der Waals surface area contributed by atoms with Gasteiger partial charge in [0.05, 0.1) is 0 Å². The van der Waals surface area contributed by atoms with E-state index >= 15 is 0 Å². The summed E-state index contributed by atoms with van der Waals surface area (Å²) in [7, 11) is 0. The van der Waals surface area contributed by atoms with Crippen LogP contribution in [0.1, 0.15) is 134 Å². The van der Waals surface area contributed by atoms with Crippen LogP contribution in [0.15, 0.2) is 24.3 Å². The van der Waals surface area contributed by atoms with Crippen molar-refractivity contribution in [1.29, 1.82) is 0 Å². The van der Waals surface area contributed by atoms with Crippen LogP contribution in [0.2, 0.25) is 0 Å². The van der Waals surface area contributed by atoms with Gasteiger partial charge in [0.15, 0.2) is 0 Å². The third kappa shape index (κ3) is 195. The van der Waals surface area contributed by atoms with Crippen LogP contribution in [0.5, 0.6) is 0 Å². The molecule has 0 aliphatic heterocycles. The molecule has 0 heterocycles. The van der Waals surface area contributed by atoms with Gasteiger partial charge in [-0.3, -0.25) is 0 Å². The summed E-state index contributed by atoms with van der Waals surface area (Å²) < 4.78 is 0. The quantitative estimate of drug-likeness (QED) is 0.185. The average molecular weight is 631 g/mol. The van der Waals surface area contributed by atoms with Gasteiger partial charge >= 0.3 is 0 Å². The Morgan fingerprint density at radius 1 is 0.529 bits per heavy atom. The van der Waals surface area contributed by atoms with Crippen molar-refractivity contribution in [2.75, 3.05) is 0 Å². The average Bonchev–Trinajstić information content (AvgIpc) is 2.63. The van der Waals surface area contributed by atoms with E-state index in [2.05, 4.69) is 123 Å². The summed E-state index contributed by atoms with van der Waals surface area (Å²) in [6.07, 6.45) is 18.2. The van der Waals surface area contributed by atoms with Gasteiger partial charge in [0, 0.05) is 65.4 Å². The van der Waals surface area contributed by atoms with Gasteiger partial charge in [-0.1, -0.05) is 122 Å². The predicted octanol–water partition coefficient (Wildman–Crippen LogP) is 12.2. The Bertz CT molecular complexity index is 254. The molecule has 206 valence electrons. The second-order valence-electron chi connectivity index (χ2n) is 9.79. The van der Waals surface area contributed by atoms with Crippen LogP contribution in [0.4, 0.5) is 0 Å². The monoisotopic (exact) mass is 630 g/mol. The molecule has 0 saturated heterocycles. The molecule has 0 aromatic heterocycles. The molecule has 0 N–H and O–H groups in total. The van der Waals surface area contributed by atoms with E-state index < -0.39 is 0 Å². The fourth-order valence-corrected chi connectivity index (χ4v) is 1.52. The Morgan fingerprint density at radius 3 is 0.824 bits per heavy atom. The minimum Gasteiger partial charge on any atom is -0.341 e. The van der Waals surface area contributed by atoms with Crippen molar-refractivity contribution in [1.82, 2.24) is 0 Å². The molecule has 34 heavy (non-hydrogen) atoms. The topological polar surface area (TPSA) is 0 Å². The summed E-state index contributed by atoms with van der Waals surface area (Å²) in [5.41, 5.74) is 0. The summed E-state index contributed by atoms with van der Waals surface area (Å²) in [6.45, 7) is 40.3. The van der Waals surface area contributed by atoms with E-state index in [1.165, 1.54) is 51.4 Å². The molecule has 0 rings (SSSR count). The molecule has 0 atom stereocenters. The molecule has 0 aromatic carbocycles. The SMILES string of the molecule is CCC.CCC.[CH2-]/C=C/CCCC(C)C.[CH2-]/C=C\CCCC(C)C.[CH2-]C(C)C.[CH2-]C(C)C.[Y].[Y]. The van der Waals surface area contributed by atoms with Crippen molar-refractivity contribution in [2.24, 2.45) is 23.7 Å². The summed E-state index contributed by atoms with van der Waals surface area (Å²) in [6, 6.07) is 0. The number of allylic oxidation sites excluding steroid dienone is 4. The molecule has 0 spiro atoms. The van der Waals surface area contributed by atoms with Gasteiger partial charge in [-0.05, 0) is 11.8 Å². The maximum absolute atomic E-state index is 3.64. The molecule has 0 bridgehead atoms. The van der Waals surface area contributed by atoms with E-state index in [4.69, 9.17) is 0 Å². The fraction of sp³-hybridized carbons (Fsp3) is 0.750. The van der Waals surface area contributed by atoms with E-state index in [1.807, 2.05) is 12.2 Å². The van der Waals surface area contributed by atoms with E-state index in [9.17, 15) is 0 Å². The van der Waals surface area contributed by atoms with Crippen LogP contribution >= 0.6 is 0 Å². The number of hydrogen-bond acceptors (Lipinski definition) is 0. The second kappa shape index (κ2) is 59.5. The molecule has 0 aromatic rings. The molecule has 0 aliphatic rings. The molecule has 0 fully saturated rings. The first-order valence-electron chi connectivity index (χ1n) is 13.4. The zero-order valence-electron chi connectivity index (χ0n) is 26.3. The molecule has 0 nitrogen and oxygen atoms in total. The minimum atomic E-state index is 0. The largest absolute Gasteiger partial charge is 0.341 e. The van der Waals surface area contributed by atoms with Crippen LogP contribution in [0.3, 0.4) is 0 Å². The van der Waals surface area contributed by atoms with Crippen molar-refractivity contribution in [3.63, 3.8) is 0 Å². The zero-order valence-corrected chi connectivity index (χ0v) is 31.9. The normalized spacial score (nSPS) is 9.24. The van der Waals surface area contributed by atoms with Gasteiger partial charge in [-0.2, -0.15) is 11.8 Å². The number of hydrogen-bond donors (Lipinski definition) is 0. The van der Waals surface area contributed by atoms with Crippen LogP contribution < -0.4 is 0 Å². The first-order chi connectivity index (χ1) is 14.8. The zero-order chi connectivity index (χ0) is 26.8. The molecule has 2 radical (unpaired) electrons. The number of unbranched alkanes of at least 4 members (excludes halogenated alkanes) is 2. The first-order valence-corrected chi connectivity index (χ1v) is 13.4. The van der Waals surface area contributed by atoms with Gasteiger partial charge in [-0.15, -0.1) is 12.8 Å². The number of rotatable bonds is 8. The minimum absolute atomic E-state index is 0. The van der Waals surface area contributed by atoms with Crippen molar-refractivity contribution in [3.8, 4) is 0 Å². The van der Waals surface area contributed by atoms with Gasteiger partial charge < -0.3 is 13.8 Å². The molecule has 0 unspecified atom stereocenters. The molecule has 0 saturated carbocycles. The van der Waals surface area contributed by atoms with Crippen LogP contribution in [-0.4, -0.2) is 0 Å². The summed E-state index contributed by atoms with van der Waals surface area (Å²) in [5, 5.41) is 0. The van der Waals surface area contributed by atoms with E-state index in [0.717, 1.165) is 11.8 Å². The Hall–Kier alpha value is 1.43. The molecule has 0 aliphatic carbocycles. The standard InChI is InChI=1S/2C9H17.2C4H9.2C3H8.2Y/c2*1-4-5-6-7-8-9(2)3;2*1-4(2)3;2*1-3-2;;/h2*4-5,9H,1,6-8H2,2-3H3;2*4H,1H2,2-3H3;2*3H2,1-2H3;;/q4*-1;;;;/b5-4+;5-4-;;;;;;. The Morgan fingerprint density at radius 2 is 0.706 bits per heavy atom. The second-order valence-corrected chi connectivity index (χ2v) is 9.79. The Labute approximate surface area is 272 Å². The van der Waals surface area contributed by atoms with Gasteiger partial charge in [-0.25, -0.2) is 38.2 Å². The van der Waals surface area contributed by atoms with E-state index in [-0.39, 0.29) is 65.4 Å². The van der Waals surface area contributed by atoms with Crippen molar-refractivity contribution in [2.45, 2.75) is 134 Å². The van der Waals surface area contributed by atoms with Crippen molar-refractivity contribution >= 4 is 0 Å². The Balaban J connectivity index is -0.0000000420. The molecular weight excluding hydrogens is 562 g/mol. The summed E-state index contributed by atoms with van der Waals surface area (Å²) >= 11 is 0. The van der Waals surface area contributed by atoms with E-state index in [0.29, 0.717) is 11.8 Å². The van der Waals surface area contributed by atoms with Gasteiger partial charge in [0.25, 0.3) is 0 Å². The van der Waals surface area contributed by atoms with Crippen molar-refractivity contribution < 1.29 is 65.4 Å². The first kappa shape index (κ1) is 55.8. The van der Waals surface area contributed by atoms with Gasteiger partial charge in [0.1, 0.15) is 0 Å². The van der Waals surface area contributed by atoms with E-state index in [1.54, 1.807) is 0 Å². The third-order valence-corrected chi connectivity index (χ3v) is 2.64. The van der Waals surface area contributed by atoms with Crippen LogP contribution in [-0.2, 0) is 65.4 Å². The third-order valence-electron chi connectivity index (χ3n) is 2.64. The maximum atomic E-state index is 3.64. The summed E-state index contributed by atoms with van der Waals surface area (Å²) in [5.74, 6) is 2.87. The molecular formula is C32H68Y2-4. The summed E-state index contributed by atoms with van der Waals surface area (Å²) in [4.78, 5) is 0. The maximum Gasteiger partial charge on any atom is 0 e. The fourth-order valence-electron chi connectivity index (χ4n) is 1.52. The van der Waals surface area contributed by atoms with Crippen molar-refractivity contribution in [3.05, 3.63) is 52.0 Å². The predicted molar refractivity (Wildman–Crippen MR) is 159 cm³/mol. The van der Waals surface area contributed by atoms with Gasteiger partial charge in [0.2, 0.25) is 0 Å². The molecule has 2 heteroatoms.